The molecule has 0 spiro atoms. The van der Waals surface area contributed by atoms with Gasteiger partial charge < -0.3 is 10.6 Å². The molecule has 4 heteroatoms. The van der Waals surface area contributed by atoms with Crippen LogP contribution in [0.25, 0.3) is 0 Å². The summed E-state index contributed by atoms with van der Waals surface area (Å²) in [6, 6.07) is 9.72. The highest BCUT2D eigenvalue weighted by Gasteiger charge is 2.08. The molecule has 1 aromatic carbocycles. The van der Waals surface area contributed by atoms with Gasteiger partial charge in [-0.2, -0.15) is 0 Å². The molecule has 2 N–H and O–H groups in total. The number of carbonyl (C=O) groups is 1. The molecule has 2 aromatic rings. The number of anilines is 2. The fourth-order valence-corrected chi connectivity index (χ4v) is 2.59. The molecule has 0 aliphatic heterocycles. The first-order chi connectivity index (χ1) is 8.58. The van der Waals surface area contributed by atoms with Gasteiger partial charge in [-0.3, -0.25) is 4.79 Å². The second-order valence-corrected chi connectivity index (χ2v) is 5.30. The highest BCUT2D eigenvalue weighted by Crippen LogP contribution is 2.23. The van der Waals surface area contributed by atoms with E-state index in [0.29, 0.717) is 11.3 Å². The van der Waals surface area contributed by atoms with Gasteiger partial charge >= 0.3 is 0 Å². The number of hydrogen-bond donors (Lipinski definition) is 1. The van der Waals surface area contributed by atoms with E-state index in [1.54, 1.807) is 17.4 Å². The Morgan fingerprint density at radius 1 is 1.39 bits per heavy atom. The Kier molecular flexibility index (Phi) is 3.67. The molecule has 0 saturated heterocycles. The fraction of sp³-hybridized carbons (Fsp3) is 0.214. The third kappa shape index (κ3) is 2.71. The summed E-state index contributed by atoms with van der Waals surface area (Å²) >= 11 is 1.73. The maximum Gasteiger partial charge on any atom is 0.161 e. The average molecular weight is 260 g/mol. The Labute approximate surface area is 111 Å². The lowest BCUT2D eigenvalue weighted by atomic mass is 10.1. The van der Waals surface area contributed by atoms with Crippen LogP contribution in [0.2, 0.25) is 0 Å². The van der Waals surface area contributed by atoms with Gasteiger partial charge in [-0.1, -0.05) is 6.07 Å². The van der Waals surface area contributed by atoms with E-state index in [0.717, 1.165) is 12.2 Å². The topological polar surface area (TPSA) is 46.3 Å². The van der Waals surface area contributed by atoms with Crippen molar-refractivity contribution < 1.29 is 4.79 Å². The molecule has 0 bridgehead atoms. The van der Waals surface area contributed by atoms with Crippen molar-refractivity contribution in [2.45, 2.75) is 13.5 Å². The lowest BCUT2D eigenvalue weighted by molar-refractivity contribution is 0.101. The monoisotopic (exact) mass is 260 g/mol. The lowest BCUT2D eigenvalue weighted by Gasteiger charge is -2.19. The third-order valence-electron chi connectivity index (χ3n) is 2.83. The molecule has 3 nitrogen and oxygen atoms in total. The average Bonchev–Trinajstić information content (AvgIpc) is 2.81. The van der Waals surface area contributed by atoms with E-state index in [1.807, 2.05) is 25.2 Å². The molecule has 1 aromatic heterocycles. The van der Waals surface area contributed by atoms with Crippen LogP contribution in [0.15, 0.2) is 35.7 Å². The summed E-state index contributed by atoms with van der Waals surface area (Å²) in [6.07, 6.45) is 0. The quantitative estimate of drug-likeness (QED) is 0.678. The van der Waals surface area contributed by atoms with E-state index >= 15 is 0 Å². The first kappa shape index (κ1) is 12.6. The minimum Gasteiger partial charge on any atom is -0.398 e. The number of benzene rings is 1. The molecular formula is C14H16N2OS. The van der Waals surface area contributed by atoms with Gasteiger partial charge in [0, 0.05) is 28.9 Å². The van der Waals surface area contributed by atoms with Crippen LogP contribution < -0.4 is 10.6 Å². The van der Waals surface area contributed by atoms with Crippen LogP contribution >= 0.6 is 11.3 Å². The Morgan fingerprint density at radius 3 is 2.72 bits per heavy atom. The number of thiophene rings is 1. The summed E-state index contributed by atoms with van der Waals surface area (Å²) in [6.45, 7) is 2.37. The van der Waals surface area contributed by atoms with Crippen molar-refractivity contribution >= 4 is 28.5 Å². The maximum absolute atomic E-state index is 11.3. The Hall–Kier alpha value is -1.81. The number of nitrogens with zero attached hydrogens (tertiary/aromatic N) is 1. The van der Waals surface area contributed by atoms with Crippen LogP contribution in [0.5, 0.6) is 0 Å². The summed E-state index contributed by atoms with van der Waals surface area (Å²) in [5, 5.41) is 2.07. The van der Waals surface area contributed by atoms with Crippen molar-refractivity contribution in [2.24, 2.45) is 0 Å². The number of nitrogen functional groups attached to an aromatic ring is 1. The van der Waals surface area contributed by atoms with E-state index in [2.05, 4.69) is 16.3 Å². The number of ketones is 1. The molecule has 0 fully saturated rings. The second-order valence-electron chi connectivity index (χ2n) is 4.26. The molecule has 0 amide bonds. The van der Waals surface area contributed by atoms with Crippen LogP contribution in [-0.2, 0) is 6.54 Å². The van der Waals surface area contributed by atoms with Gasteiger partial charge in [0.05, 0.1) is 6.54 Å². The SMILES string of the molecule is CC(=O)c1ccc(N(C)Cc2cccs2)cc1N. The second kappa shape index (κ2) is 5.23. The van der Waals surface area contributed by atoms with E-state index in [1.165, 1.54) is 11.8 Å². The first-order valence-electron chi connectivity index (χ1n) is 5.72. The van der Waals surface area contributed by atoms with Crippen molar-refractivity contribution in [1.82, 2.24) is 0 Å². The lowest BCUT2D eigenvalue weighted by Crippen LogP contribution is -2.16. The zero-order valence-corrected chi connectivity index (χ0v) is 11.3. The zero-order valence-electron chi connectivity index (χ0n) is 10.5. The molecule has 1 heterocycles. The summed E-state index contributed by atoms with van der Waals surface area (Å²) in [5.74, 6) is -0.0000372. The number of rotatable bonds is 4. The van der Waals surface area contributed by atoms with Crippen molar-refractivity contribution in [3.63, 3.8) is 0 Å². The van der Waals surface area contributed by atoms with Crippen LogP contribution in [-0.4, -0.2) is 12.8 Å². The minimum absolute atomic E-state index is 0.0000372. The van der Waals surface area contributed by atoms with Crippen molar-refractivity contribution in [1.29, 1.82) is 0 Å². The zero-order chi connectivity index (χ0) is 13.1. The fourth-order valence-electron chi connectivity index (χ4n) is 1.84. The first-order valence-corrected chi connectivity index (χ1v) is 6.60. The molecular weight excluding hydrogens is 244 g/mol. The van der Waals surface area contributed by atoms with E-state index in [9.17, 15) is 4.79 Å². The van der Waals surface area contributed by atoms with Crippen LogP contribution in [0.3, 0.4) is 0 Å². The summed E-state index contributed by atoms with van der Waals surface area (Å²) < 4.78 is 0. The molecule has 0 aliphatic carbocycles. The van der Waals surface area contributed by atoms with Crippen LogP contribution in [0.1, 0.15) is 22.2 Å². The smallest absolute Gasteiger partial charge is 0.161 e. The largest absolute Gasteiger partial charge is 0.398 e. The highest BCUT2D eigenvalue weighted by atomic mass is 32.1. The van der Waals surface area contributed by atoms with Crippen molar-refractivity contribution in [3.8, 4) is 0 Å². The van der Waals surface area contributed by atoms with E-state index in [4.69, 9.17) is 5.73 Å². The van der Waals surface area contributed by atoms with Gasteiger partial charge in [0.15, 0.2) is 5.78 Å². The Bertz CT molecular complexity index is 549. The molecule has 0 unspecified atom stereocenters. The molecule has 94 valence electrons. The third-order valence-corrected chi connectivity index (χ3v) is 3.69. The molecule has 0 atom stereocenters. The number of carbonyl (C=O) groups excluding carboxylic acids is 1. The highest BCUT2D eigenvalue weighted by molar-refractivity contribution is 7.09. The maximum atomic E-state index is 11.3. The molecule has 0 aliphatic rings. The van der Waals surface area contributed by atoms with Gasteiger partial charge in [-0.15, -0.1) is 11.3 Å². The van der Waals surface area contributed by atoms with E-state index in [-0.39, 0.29) is 5.78 Å². The van der Waals surface area contributed by atoms with Gasteiger partial charge in [0.25, 0.3) is 0 Å². The van der Waals surface area contributed by atoms with Gasteiger partial charge in [0.2, 0.25) is 0 Å². The Balaban J connectivity index is 2.18. The Morgan fingerprint density at radius 2 is 2.17 bits per heavy atom. The van der Waals surface area contributed by atoms with Gasteiger partial charge in [0.1, 0.15) is 0 Å². The summed E-state index contributed by atoms with van der Waals surface area (Å²) in [7, 11) is 2.02. The number of nitrogens with two attached hydrogens (primary N) is 1. The normalized spacial score (nSPS) is 10.3. The standard InChI is InChI=1S/C14H16N2OS/c1-10(17)13-6-5-11(8-14(13)15)16(2)9-12-4-3-7-18-12/h3-8H,9,15H2,1-2H3. The van der Waals surface area contributed by atoms with Crippen LogP contribution in [0, 0.1) is 0 Å². The summed E-state index contributed by atoms with van der Waals surface area (Å²) in [5.41, 5.74) is 8.03. The predicted octanol–water partition coefficient (Wildman–Crippen LogP) is 3.17. The van der Waals surface area contributed by atoms with Crippen LogP contribution in [0.4, 0.5) is 11.4 Å². The van der Waals surface area contributed by atoms with Gasteiger partial charge in [-0.05, 0) is 36.6 Å². The van der Waals surface area contributed by atoms with Crippen molar-refractivity contribution in [2.75, 3.05) is 17.7 Å². The number of Topliss-reactive ketones (excluding diaryl/α,β-unsaturated/α-hetero) is 1. The molecule has 2 rings (SSSR count). The van der Waals surface area contributed by atoms with Gasteiger partial charge in [-0.25, -0.2) is 0 Å². The van der Waals surface area contributed by atoms with Crippen molar-refractivity contribution in [3.05, 3.63) is 46.2 Å². The minimum atomic E-state index is -0.0000372. The van der Waals surface area contributed by atoms with E-state index < -0.39 is 0 Å². The number of hydrogen-bond acceptors (Lipinski definition) is 4. The summed E-state index contributed by atoms with van der Waals surface area (Å²) in [4.78, 5) is 14.7. The molecule has 0 saturated carbocycles. The molecule has 18 heavy (non-hydrogen) atoms. The molecule has 0 radical (unpaired) electrons. The predicted molar refractivity (Wildman–Crippen MR) is 77.3 cm³/mol.